The normalized spacial score (nSPS) is 18.3. The van der Waals surface area contributed by atoms with Gasteiger partial charge in [0.2, 0.25) is 5.91 Å². The fourth-order valence-electron chi connectivity index (χ4n) is 4.22. The Kier molecular flexibility index (Phi) is 5.92. The monoisotopic (exact) mass is 432 g/mol. The van der Waals surface area contributed by atoms with E-state index < -0.39 is 0 Å². The first-order valence-corrected chi connectivity index (χ1v) is 12.1. The fraction of sp³-hybridized carbons (Fsp3) is 0.400. The fourth-order valence-corrected chi connectivity index (χ4v) is 5.15. The average molecular weight is 433 g/mol. The van der Waals surface area contributed by atoms with Crippen LogP contribution in [0, 0.1) is 0 Å². The lowest BCUT2D eigenvalue weighted by molar-refractivity contribution is -0.130. The molecule has 1 amide bonds. The summed E-state index contributed by atoms with van der Waals surface area (Å²) in [6.45, 7) is 5.65. The highest BCUT2D eigenvalue weighted by Crippen LogP contribution is 2.39. The first-order chi connectivity index (χ1) is 15.2. The quantitative estimate of drug-likeness (QED) is 0.424. The summed E-state index contributed by atoms with van der Waals surface area (Å²) in [6.07, 6.45) is 2.35. The van der Waals surface area contributed by atoms with Gasteiger partial charge in [-0.1, -0.05) is 60.3 Å². The lowest BCUT2D eigenvalue weighted by Gasteiger charge is -2.38. The van der Waals surface area contributed by atoms with Gasteiger partial charge in [-0.05, 0) is 31.4 Å². The number of piperazine rings is 1. The minimum atomic E-state index is 0.202. The summed E-state index contributed by atoms with van der Waals surface area (Å²) in [5.74, 6) is 2.07. The van der Waals surface area contributed by atoms with Crippen LogP contribution in [0.4, 0.5) is 0 Å². The molecule has 1 aliphatic carbocycles. The van der Waals surface area contributed by atoms with Crippen molar-refractivity contribution < 1.29 is 4.79 Å². The molecular weight excluding hydrogens is 404 g/mol. The zero-order chi connectivity index (χ0) is 21.2. The van der Waals surface area contributed by atoms with E-state index in [4.69, 9.17) is 9.97 Å². The molecule has 1 aliphatic heterocycles. The van der Waals surface area contributed by atoms with Crippen LogP contribution in [-0.4, -0.2) is 57.6 Å². The van der Waals surface area contributed by atoms with Crippen LogP contribution in [0.5, 0.6) is 0 Å². The summed E-state index contributed by atoms with van der Waals surface area (Å²) in [5, 5.41) is 1.99. The number of thioether (sulfide) groups is 1. The van der Waals surface area contributed by atoms with Gasteiger partial charge in [-0.15, -0.1) is 0 Å². The van der Waals surface area contributed by atoms with E-state index in [2.05, 4.69) is 48.2 Å². The number of carbonyl (C=O) groups is 1. The maximum atomic E-state index is 12.9. The van der Waals surface area contributed by atoms with E-state index in [0.717, 1.165) is 47.9 Å². The SMILES string of the molecule is CC(c1ccccc1)N1CCN(C(=O)CSc2nc(C3CC3)nc3ccccc23)CC1. The van der Waals surface area contributed by atoms with Crippen LogP contribution in [0.2, 0.25) is 0 Å². The lowest BCUT2D eigenvalue weighted by Crippen LogP contribution is -2.49. The first-order valence-electron chi connectivity index (χ1n) is 11.2. The van der Waals surface area contributed by atoms with Gasteiger partial charge in [0.15, 0.2) is 0 Å². The Hall–Kier alpha value is -2.44. The van der Waals surface area contributed by atoms with Crippen molar-refractivity contribution in [2.45, 2.75) is 36.8 Å². The first kappa shape index (κ1) is 20.5. The molecule has 0 radical (unpaired) electrons. The largest absolute Gasteiger partial charge is 0.339 e. The smallest absolute Gasteiger partial charge is 0.233 e. The number of aromatic nitrogens is 2. The molecule has 31 heavy (non-hydrogen) atoms. The topological polar surface area (TPSA) is 49.3 Å². The van der Waals surface area contributed by atoms with Gasteiger partial charge in [-0.3, -0.25) is 9.69 Å². The van der Waals surface area contributed by atoms with E-state index in [1.807, 2.05) is 23.1 Å². The molecule has 1 saturated heterocycles. The Morgan fingerprint density at radius 3 is 2.45 bits per heavy atom. The van der Waals surface area contributed by atoms with Gasteiger partial charge in [0.25, 0.3) is 0 Å². The molecule has 2 aromatic carbocycles. The van der Waals surface area contributed by atoms with E-state index in [1.54, 1.807) is 11.8 Å². The number of para-hydroxylation sites is 1. The third kappa shape index (κ3) is 4.60. The minimum absolute atomic E-state index is 0.202. The van der Waals surface area contributed by atoms with Crippen molar-refractivity contribution >= 4 is 28.6 Å². The van der Waals surface area contributed by atoms with Gasteiger partial charge in [0.1, 0.15) is 10.9 Å². The highest BCUT2D eigenvalue weighted by Gasteiger charge is 2.28. The third-order valence-electron chi connectivity index (χ3n) is 6.36. The van der Waals surface area contributed by atoms with Crippen LogP contribution in [0.1, 0.15) is 43.1 Å². The number of hydrogen-bond donors (Lipinski definition) is 0. The molecule has 1 unspecified atom stereocenters. The maximum Gasteiger partial charge on any atom is 0.233 e. The standard InChI is InChI=1S/C25H28N4OS/c1-18(19-7-3-2-4-8-19)28-13-15-29(16-14-28)23(30)17-31-25-21-9-5-6-10-22(21)26-24(27-25)20-11-12-20/h2-10,18,20H,11-17H2,1H3. The van der Waals surface area contributed by atoms with E-state index in [9.17, 15) is 4.79 Å². The van der Waals surface area contributed by atoms with Crippen LogP contribution < -0.4 is 0 Å². The molecular formula is C25H28N4OS. The minimum Gasteiger partial charge on any atom is -0.339 e. The summed E-state index contributed by atoms with van der Waals surface area (Å²) in [7, 11) is 0. The van der Waals surface area contributed by atoms with Crippen LogP contribution >= 0.6 is 11.8 Å². The van der Waals surface area contributed by atoms with Gasteiger partial charge >= 0.3 is 0 Å². The highest BCUT2D eigenvalue weighted by atomic mass is 32.2. The van der Waals surface area contributed by atoms with E-state index in [-0.39, 0.29) is 5.91 Å². The zero-order valence-corrected chi connectivity index (χ0v) is 18.7. The van der Waals surface area contributed by atoms with E-state index in [1.165, 1.54) is 18.4 Å². The Balaban J connectivity index is 1.20. The number of nitrogens with zero attached hydrogens (tertiary/aromatic N) is 4. The van der Waals surface area contributed by atoms with E-state index >= 15 is 0 Å². The van der Waals surface area contributed by atoms with Gasteiger partial charge in [0.05, 0.1) is 11.3 Å². The number of hydrogen-bond acceptors (Lipinski definition) is 5. The molecule has 3 aromatic rings. The second-order valence-corrected chi connectivity index (χ2v) is 9.43. The number of rotatable bonds is 6. The summed E-state index contributed by atoms with van der Waals surface area (Å²) < 4.78 is 0. The molecule has 2 fully saturated rings. The number of fused-ring (bicyclic) bond motifs is 1. The summed E-state index contributed by atoms with van der Waals surface area (Å²) in [6, 6.07) is 19.1. The van der Waals surface area contributed by atoms with Gasteiger partial charge in [-0.2, -0.15) is 0 Å². The second-order valence-electron chi connectivity index (χ2n) is 8.47. The lowest BCUT2D eigenvalue weighted by atomic mass is 10.1. The Bertz CT molecular complexity index is 1060. The van der Waals surface area contributed by atoms with Crippen molar-refractivity contribution in [1.29, 1.82) is 0 Å². The van der Waals surface area contributed by atoms with Crippen molar-refractivity contribution in [3.05, 3.63) is 66.0 Å². The highest BCUT2D eigenvalue weighted by molar-refractivity contribution is 8.00. The summed E-state index contributed by atoms with van der Waals surface area (Å²) in [5.41, 5.74) is 2.32. The maximum absolute atomic E-state index is 12.9. The molecule has 5 nitrogen and oxygen atoms in total. The van der Waals surface area contributed by atoms with Crippen LogP contribution in [0.25, 0.3) is 10.9 Å². The molecule has 1 saturated carbocycles. The van der Waals surface area contributed by atoms with Crippen molar-refractivity contribution in [3.63, 3.8) is 0 Å². The zero-order valence-electron chi connectivity index (χ0n) is 17.9. The van der Waals surface area contributed by atoms with Crippen LogP contribution in [-0.2, 0) is 4.79 Å². The molecule has 1 aromatic heterocycles. The molecule has 0 N–H and O–H groups in total. The summed E-state index contributed by atoms with van der Waals surface area (Å²) in [4.78, 5) is 27.0. The van der Waals surface area contributed by atoms with Crippen LogP contribution in [0.3, 0.4) is 0 Å². The molecule has 2 heterocycles. The van der Waals surface area contributed by atoms with Crippen molar-refractivity contribution in [3.8, 4) is 0 Å². The predicted molar refractivity (Wildman–Crippen MR) is 125 cm³/mol. The molecule has 2 aliphatic rings. The second kappa shape index (κ2) is 8.97. The van der Waals surface area contributed by atoms with Gasteiger partial charge in [0, 0.05) is 43.5 Å². The molecule has 0 bridgehead atoms. The number of amides is 1. The Labute approximate surface area is 187 Å². The van der Waals surface area contributed by atoms with Gasteiger partial charge < -0.3 is 4.90 Å². The molecule has 5 rings (SSSR count). The molecule has 1 atom stereocenters. The van der Waals surface area contributed by atoms with E-state index in [0.29, 0.717) is 17.7 Å². The number of benzene rings is 2. The summed E-state index contributed by atoms with van der Waals surface area (Å²) >= 11 is 1.56. The Morgan fingerprint density at radius 2 is 1.71 bits per heavy atom. The van der Waals surface area contributed by atoms with Crippen molar-refractivity contribution in [2.75, 3.05) is 31.9 Å². The van der Waals surface area contributed by atoms with Gasteiger partial charge in [-0.25, -0.2) is 9.97 Å². The third-order valence-corrected chi connectivity index (χ3v) is 7.33. The predicted octanol–water partition coefficient (Wildman–Crippen LogP) is 4.50. The average Bonchev–Trinajstić information content (AvgIpc) is 3.68. The number of carbonyl (C=O) groups excluding carboxylic acids is 1. The Morgan fingerprint density at radius 1 is 1.00 bits per heavy atom. The molecule has 0 spiro atoms. The molecule has 6 heteroatoms. The van der Waals surface area contributed by atoms with Crippen molar-refractivity contribution in [1.82, 2.24) is 19.8 Å². The van der Waals surface area contributed by atoms with Crippen molar-refractivity contribution in [2.24, 2.45) is 0 Å². The van der Waals surface area contributed by atoms with Crippen LogP contribution in [0.15, 0.2) is 59.6 Å². The molecule has 160 valence electrons.